The molecule has 0 aliphatic rings. The van der Waals surface area contributed by atoms with Crippen LogP contribution < -0.4 is 0 Å². The lowest BCUT2D eigenvalue weighted by Gasteiger charge is -2.03. The maximum absolute atomic E-state index is 12.0. The van der Waals surface area contributed by atoms with E-state index >= 15 is 0 Å². The van der Waals surface area contributed by atoms with Crippen LogP contribution in [-0.2, 0) is 6.42 Å². The predicted octanol–water partition coefficient (Wildman–Crippen LogP) is 8.94. The fourth-order valence-electron chi connectivity index (χ4n) is 2.91. The lowest BCUT2D eigenvalue weighted by Crippen LogP contribution is -2.04. The average Bonchev–Trinajstić information content (AvgIpc) is 2.91. The lowest BCUT2D eigenvalue weighted by atomic mass is 10.0. The van der Waals surface area contributed by atoms with Gasteiger partial charge in [-0.25, -0.2) is 0 Å². The molecule has 0 saturated carbocycles. The molecule has 0 N–H and O–H groups in total. The Balaban J connectivity index is 0.000000307. The molecule has 2 aromatic heterocycles. The number of Topliss-reactive ketones (excluding diaryl/α,β-unsaturated/α-hetero) is 2. The number of hydrogen-bond acceptors (Lipinski definition) is 6. The van der Waals surface area contributed by atoms with Gasteiger partial charge in [-0.1, -0.05) is 35.5 Å². The zero-order valence-electron chi connectivity index (χ0n) is 21.7. The second-order valence-electron chi connectivity index (χ2n) is 8.04. The van der Waals surface area contributed by atoms with Gasteiger partial charge in [-0.15, -0.1) is 23.5 Å². The van der Waals surface area contributed by atoms with E-state index in [2.05, 4.69) is 44.3 Å². The maximum Gasteiger partial charge on any atom is 0.168 e. The van der Waals surface area contributed by atoms with E-state index in [9.17, 15) is 9.59 Å². The van der Waals surface area contributed by atoms with Crippen molar-refractivity contribution in [3.8, 4) is 0 Å². The summed E-state index contributed by atoms with van der Waals surface area (Å²) in [6.45, 7) is 5.34. The molecular formula is C31H35BrN2O2S2. The van der Waals surface area contributed by atoms with Crippen LogP contribution in [0, 0.1) is 13.8 Å². The summed E-state index contributed by atoms with van der Waals surface area (Å²) in [5, 5.41) is 0. The topological polar surface area (TPSA) is 59.9 Å². The van der Waals surface area contributed by atoms with Gasteiger partial charge in [0.2, 0.25) is 0 Å². The second-order valence-corrected chi connectivity index (χ2v) is 10.7. The lowest BCUT2D eigenvalue weighted by molar-refractivity contribution is 0.0989. The van der Waals surface area contributed by atoms with Gasteiger partial charge in [0.1, 0.15) is 0 Å². The zero-order valence-corrected chi connectivity index (χ0v) is 24.9. The highest BCUT2D eigenvalue weighted by Gasteiger charge is 2.07. The molecule has 0 radical (unpaired) electrons. The monoisotopic (exact) mass is 610 g/mol. The van der Waals surface area contributed by atoms with E-state index in [1.807, 2.05) is 74.7 Å². The number of rotatable bonds is 6. The van der Waals surface area contributed by atoms with Crippen LogP contribution in [0.15, 0.2) is 99.5 Å². The Kier molecular flexibility index (Phi) is 15.5. The van der Waals surface area contributed by atoms with Crippen molar-refractivity contribution in [3.05, 3.63) is 118 Å². The Morgan fingerprint density at radius 2 is 1.16 bits per heavy atom. The third-order valence-corrected chi connectivity index (χ3v) is 7.14. The third kappa shape index (κ3) is 12.2. The standard InChI is InChI=1S/C15H15NOS.C8H9NO.C7H7BrS.CH4/c1-11-3-6-13(10-16-11)15(17)9-12-4-7-14(18-2)8-5-12;1-6-3-4-8(5-9-6)7(2)10;1-9-7-4-2-6(8)3-5-7;/h3-8,10H,9H2,1-2H3;3-5H,1-2H3;2-5H,1H3;1H4. The van der Waals surface area contributed by atoms with Gasteiger partial charge in [-0.3, -0.25) is 19.6 Å². The number of thioether (sulfide) groups is 2. The molecule has 0 bridgehead atoms. The van der Waals surface area contributed by atoms with Gasteiger partial charge in [0, 0.05) is 55.6 Å². The molecule has 2 aromatic carbocycles. The van der Waals surface area contributed by atoms with Crippen LogP contribution in [-0.4, -0.2) is 34.0 Å². The zero-order chi connectivity index (χ0) is 27.2. The first-order valence-electron chi connectivity index (χ1n) is 11.5. The summed E-state index contributed by atoms with van der Waals surface area (Å²) in [5.74, 6) is 0.173. The molecule has 0 fully saturated rings. The van der Waals surface area contributed by atoms with Crippen molar-refractivity contribution in [2.75, 3.05) is 12.5 Å². The fourth-order valence-corrected chi connectivity index (χ4v) is 3.99. The van der Waals surface area contributed by atoms with Crippen LogP contribution in [0.3, 0.4) is 0 Å². The van der Waals surface area contributed by atoms with Crippen LogP contribution >= 0.6 is 39.5 Å². The summed E-state index contributed by atoms with van der Waals surface area (Å²) in [6, 6.07) is 23.7. The summed E-state index contributed by atoms with van der Waals surface area (Å²) < 4.78 is 1.14. The van der Waals surface area contributed by atoms with Gasteiger partial charge >= 0.3 is 0 Å². The number of nitrogens with zero attached hydrogens (tertiary/aromatic N) is 2. The van der Waals surface area contributed by atoms with Crippen LogP contribution in [0.1, 0.15) is 52.0 Å². The minimum atomic E-state index is 0. The number of carbonyl (C=O) groups excluding carboxylic acids is 2. The normalized spacial score (nSPS) is 9.63. The van der Waals surface area contributed by atoms with Crippen LogP contribution in [0.2, 0.25) is 0 Å². The number of pyridine rings is 2. The van der Waals surface area contributed by atoms with E-state index < -0.39 is 0 Å². The molecule has 0 unspecified atom stereocenters. The maximum atomic E-state index is 12.0. The van der Waals surface area contributed by atoms with Crippen molar-refractivity contribution in [2.24, 2.45) is 0 Å². The van der Waals surface area contributed by atoms with E-state index in [0.29, 0.717) is 17.5 Å². The Bertz CT molecular complexity index is 1260. The van der Waals surface area contributed by atoms with Crippen molar-refractivity contribution in [1.82, 2.24) is 9.97 Å². The minimum Gasteiger partial charge on any atom is -0.294 e. The molecule has 200 valence electrons. The van der Waals surface area contributed by atoms with Crippen molar-refractivity contribution in [3.63, 3.8) is 0 Å². The van der Waals surface area contributed by atoms with Crippen LogP contribution in [0.25, 0.3) is 0 Å². The summed E-state index contributed by atoms with van der Waals surface area (Å²) in [6.07, 6.45) is 7.78. The molecule has 0 saturated heterocycles. The first-order valence-corrected chi connectivity index (χ1v) is 14.8. The molecule has 4 nitrogen and oxygen atoms in total. The summed E-state index contributed by atoms with van der Waals surface area (Å²) in [7, 11) is 0. The smallest absolute Gasteiger partial charge is 0.168 e. The van der Waals surface area contributed by atoms with Crippen molar-refractivity contribution in [1.29, 1.82) is 0 Å². The highest BCUT2D eigenvalue weighted by molar-refractivity contribution is 9.10. The third-order valence-electron chi connectivity index (χ3n) is 5.12. The summed E-state index contributed by atoms with van der Waals surface area (Å²) in [5.41, 5.74) is 4.25. The average molecular weight is 612 g/mol. The number of carbonyl (C=O) groups is 2. The van der Waals surface area contributed by atoms with E-state index in [1.165, 1.54) is 16.7 Å². The van der Waals surface area contributed by atoms with Gasteiger partial charge in [0.15, 0.2) is 11.6 Å². The molecule has 0 atom stereocenters. The Morgan fingerprint density at radius 3 is 1.55 bits per heavy atom. The van der Waals surface area contributed by atoms with Gasteiger partial charge in [0.25, 0.3) is 0 Å². The number of aryl methyl sites for hydroxylation is 2. The molecule has 38 heavy (non-hydrogen) atoms. The molecule has 0 amide bonds. The molecule has 2 heterocycles. The number of hydrogen-bond donors (Lipinski definition) is 0. The molecule has 4 aromatic rings. The number of halogens is 1. The Morgan fingerprint density at radius 1 is 0.711 bits per heavy atom. The molecule has 0 aliphatic heterocycles. The number of benzene rings is 2. The Labute approximate surface area is 244 Å². The van der Waals surface area contributed by atoms with Crippen molar-refractivity contribution >= 4 is 51.0 Å². The molecule has 0 spiro atoms. The van der Waals surface area contributed by atoms with Gasteiger partial charge in [-0.05, 0) is 99.5 Å². The van der Waals surface area contributed by atoms with Gasteiger partial charge < -0.3 is 0 Å². The number of ketones is 2. The quantitative estimate of drug-likeness (QED) is 0.160. The van der Waals surface area contributed by atoms with E-state index in [-0.39, 0.29) is 19.0 Å². The predicted molar refractivity (Wildman–Crippen MR) is 167 cm³/mol. The summed E-state index contributed by atoms with van der Waals surface area (Å²) in [4.78, 5) is 33.4. The van der Waals surface area contributed by atoms with E-state index in [4.69, 9.17) is 0 Å². The highest BCUT2D eigenvalue weighted by Crippen LogP contribution is 2.17. The van der Waals surface area contributed by atoms with Gasteiger partial charge in [-0.2, -0.15) is 0 Å². The number of aromatic nitrogens is 2. The largest absolute Gasteiger partial charge is 0.294 e. The first-order chi connectivity index (χ1) is 17.7. The van der Waals surface area contributed by atoms with E-state index in [0.717, 1.165) is 21.4 Å². The minimum absolute atomic E-state index is 0. The SMILES string of the molecule is C.CC(=O)c1ccc(C)nc1.CSc1ccc(Br)cc1.CSc1ccc(CC(=O)c2ccc(C)nc2)cc1. The first kappa shape index (κ1) is 33.3. The molecule has 7 heteroatoms. The Hall–Kier alpha value is -2.74. The second kappa shape index (κ2) is 17.7. The molecule has 0 aliphatic carbocycles. The van der Waals surface area contributed by atoms with Crippen LogP contribution in [0.5, 0.6) is 0 Å². The van der Waals surface area contributed by atoms with Crippen molar-refractivity contribution < 1.29 is 9.59 Å². The molecule has 4 rings (SSSR count). The van der Waals surface area contributed by atoms with Gasteiger partial charge in [0.05, 0.1) is 0 Å². The van der Waals surface area contributed by atoms with Crippen LogP contribution in [0.4, 0.5) is 0 Å². The van der Waals surface area contributed by atoms with Crippen molar-refractivity contribution in [2.45, 2.75) is 44.4 Å². The van der Waals surface area contributed by atoms with E-state index in [1.54, 1.807) is 42.0 Å². The summed E-state index contributed by atoms with van der Waals surface area (Å²) >= 11 is 6.82. The fraction of sp³-hybridized carbons (Fsp3) is 0.226. The molecular weight excluding hydrogens is 576 g/mol. The highest BCUT2D eigenvalue weighted by atomic mass is 79.9.